The Morgan fingerprint density at radius 1 is 1.24 bits per heavy atom. The average Bonchev–Trinajstić information content (AvgIpc) is 2.39. The quantitative estimate of drug-likeness (QED) is 0.861. The van der Waals surface area contributed by atoms with Crippen molar-refractivity contribution in [2.75, 3.05) is 19.7 Å². The highest BCUT2D eigenvalue weighted by Crippen LogP contribution is 2.16. The van der Waals surface area contributed by atoms with E-state index >= 15 is 0 Å². The van der Waals surface area contributed by atoms with Gasteiger partial charge in [-0.3, -0.25) is 4.90 Å². The number of rotatable bonds is 4. The van der Waals surface area contributed by atoms with Gasteiger partial charge in [-0.2, -0.15) is 0 Å². The summed E-state index contributed by atoms with van der Waals surface area (Å²) in [5.74, 6) is 0. The molecule has 1 aliphatic heterocycles. The normalized spacial score (nSPS) is 26.0. The molecule has 0 amide bonds. The largest absolute Gasteiger partial charge is 0.394 e. The molecule has 1 saturated heterocycles. The van der Waals surface area contributed by atoms with Gasteiger partial charge in [0.15, 0.2) is 0 Å². The van der Waals surface area contributed by atoms with Gasteiger partial charge in [0.05, 0.1) is 18.8 Å². The van der Waals surface area contributed by atoms with Gasteiger partial charge in [-0.15, -0.1) is 0 Å². The van der Waals surface area contributed by atoms with Crippen LogP contribution in [-0.2, 0) is 11.3 Å². The van der Waals surface area contributed by atoms with E-state index in [-0.39, 0.29) is 18.8 Å². The molecule has 0 saturated carbocycles. The van der Waals surface area contributed by atoms with Crippen LogP contribution in [0, 0.1) is 0 Å². The van der Waals surface area contributed by atoms with Gasteiger partial charge in [-0.25, -0.2) is 0 Å². The van der Waals surface area contributed by atoms with Crippen LogP contribution in [0.3, 0.4) is 0 Å². The highest BCUT2D eigenvalue weighted by atomic mass is 16.5. The molecular weight excluding hydrogens is 214 g/mol. The van der Waals surface area contributed by atoms with Gasteiger partial charge < -0.3 is 9.84 Å². The molecule has 0 radical (unpaired) electrons. The Morgan fingerprint density at radius 2 is 1.94 bits per heavy atom. The standard InChI is InChI=1S/C14H21NO2/c1-2-13-9-15(10-14(11-16)17-13)8-12-6-4-3-5-7-12/h3-7,13-14,16H,2,8-11H2,1H3/t13-,14-/m0/s1. The second kappa shape index (κ2) is 6.15. The Labute approximate surface area is 103 Å². The molecular formula is C14H21NO2. The maximum atomic E-state index is 9.24. The first kappa shape index (κ1) is 12.6. The topological polar surface area (TPSA) is 32.7 Å². The lowest BCUT2D eigenvalue weighted by Crippen LogP contribution is -2.48. The van der Waals surface area contributed by atoms with Crippen molar-refractivity contribution >= 4 is 0 Å². The third-order valence-electron chi connectivity index (χ3n) is 3.22. The molecule has 2 rings (SSSR count). The number of hydrogen-bond donors (Lipinski definition) is 1. The molecule has 2 atom stereocenters. The van der Waals surface area contributed by atoms with E-state index in [4.69, 9.17) is 4.74 Å². The van der Waals surface area contributed by atoms with E-state index in [2.05, 4.69) is 36.1 Å². The molecule has 0 bridgehead atoms. The zero-order valence-corrected chi connectivity index (χ0v) is 10.4. The van der Waals surface area contributed by atoms with Crippen molar-refractivity contribution in [3.05, 3.63) is 35.9 Å². The predicted molar refractivity (Wildman–Crippen MR) is 67.8 cm³/mol. The van der Waals surface area contributed by atoms with Gasteiger partial charge in [0.2, 0.25) is 0 Å². The van der Waals surface area contributed by atoms with Gasteiger partial charge in [0.25, 0.3) is 0 Å². The van der Waals surface area contributed by atoms with Gasteiger partial charge in [-0.1, -0.05) is 37.3 Å². The van der Waals surface area contributed by atoms with E-state index in [0.29, 0.717) is 0 Å². The number of hydrogen-bond acceptors (Lipinski definition) is 3. The molecule has 0 aromatic heterocycles. The molecule has 1 aromatic carbocycles. The van der Waals surface area contributed by atoms with E-state index in [0.717, 1.165) is 26.1 Å². The number of morpholine rings is 1. The summed E-state index contributed by atoms with van der Waals surface area (Å²) in [5, 5.41) is 9.24. The predicted octanol–water partition coefficient (Wildman–Crippen LogP) is 1.66. The average molecular weight is 235 g/mol. The second-order valence-electron chi connectivity index (χ2n) is 4.65. The first-order valence-electron chi connectivity index (χ1n) is 6.34. The van der Waals surface area contributed by atoms with E-state index in [1.807, 2.05) is 6.07 Å². The van der Waals surface area contributed by atoms with Crippen LogP contribution in [0.2, 0.25) is 0 Å². The summed E-state index contributed by atoms with van der Waals surface area (Å²) in [7, 11) is 0. The molecule has 17 heavy (non-hydrogen) atoms. The molecule has 94 valence electrons. The lowest BCUT2D eigenvalue weighted by atomic mass is 10.1. The Morgan fingerprint density at radius 3 is 2.59 bits per heavy atom. The Balaban J connectivity index is 1.95. The first-order chi connectivity index (χ1) is 8.31. The molecule has 1 aromatic rings. The number of benzene rings is 1. The number of aliphatic hydroxyl groups is 1. The number of aliphatic hydroxyl groups excluding tert-OH is 1. The van der Waals surface area contributed by atoms with Crippen LogP contribution >= 0.6 is 0 Å². The third kappa shape index (κ3) is 3.53. The van der Waals surface area contributed by atoms with Gasteiger partial charge >= 0.3 is 0 Å². The van der Waals surface area contributed by atoms with Gasteiger partial charge in [0.1, 0.15) is 0 Å². The molecule has 1 fully saturated rings. The molecule has 3 heteroatoms. The summed E-state index contributed by atoms with van der Waals surface area (Å²) in [4.78, 5) is 2.37. The van der Waals surface area contributed by atoms with Crippen LogP contribution in [0.5, 0.6) is 0 Å². The van der Waals surface area contributed by atoms with E-state index in [1.165, 1.54) is 5.56 Å². The Bertz CT molecular complexity index is 316. The fraction of sp³-hybridized carbons (Fsp3) is 0.571. The van der Waals surface area contributed by atoms with Gasteiger partial charge in [0, 0.05) is 19.6 Å². The molecule has 0 unspecified atom stereocenters. The molecule has 1 heterocycles. The SMILES string of the molecule is CC[C@H]1CN(Cc2ccccc2)C[C@@H](CO)O1. The van der Waals surface area contributed by atoms with Crippen molar-refractivity contribution in [2.45, 2.75) is 32.1 Å². The van der Waals surface area contributed by atoms with Crippen LogP contribution in [0.4, 0.5) is 0 Å². The zero-order valence-electron chi connectivity index (χ0n) is 10.4. The minimum atomic E-state index is -0.0302. The summed E-state index contributed by atoms with van der Waals surface area (Å²) in [6.07, 6.45) is 1.23. The van der Waals surface area contributed by atoms with Crippen LogP contribution < -0.4 is 0 Å². The lowest BCUT2D eigenvalue weighted by Gasteiger charge is -2.37. The summed E-state index contributed by atoms with van der Waals surface area (Å²) < 4.78 is 5.76. The maximum absolute atomic E-state index is 9.24. The molecule has 0 spiro atoms. The number of nitrogens with zero attached hydrogens (tertiary/aromatic N) is 1. The van der Waals surface area contributed by atoms with Crippen molar-refractivity contribution < 1.29 is 9.84 Å². The van der Waals surface area contributed by atoms with E-state index in [9.17, 15) is 5.11 Å². The van der Waals surface area contributed by atoms with Crippen LogP contribution in [0.15, 0.2) is 30.3 Å². The van der Waals surface area contributed by atoms with Crippen molar-refractivity contribution in [3.63, 3.8) is 0 Å². The Hall–Kier alpha value is -0.900. The van der Waals surface area contributed by atoms with Crippen LogP contribution in [0.25, 0.3) is 0 Å². The molecule has 0 aliphatic carbocycles. The summed E-state index contributed by atoms with van der Waals surface area (Å²) >= 11 is 0. The van der Waals surface area contributed by atoms with Crippen LogP contribution in [0.1, 0.15) is 18.9 Å². The zero-order chi connectivity index (χ0) is 12.1. The smallest absolute Gasteiger partial charge is 0.0936 e. The lowest BCUT2D eigenvalue weighted by molar-refractivity contribution is -0.105. The minimum absolute atomic E-state index is 0.0302. The van der Waals surface area contributed by atoms with Crippen molar-refractivity contribution in [1.29, 1.82) is 0 Å². The van der Waals surface area contributed by atoms with Crippen LogP contribution in [-0.4, -0.2) is 41.9 Å². The maximum Gasteiger partial charge on any atom is 0.0936 e. The highest BCUT2D eigenvalue weighted by molar-refractivity contribution is 5.14. The first-order valence-corrected chi connectivity index (χ1v) is 6.34. The summed E-state index contributed by atoms with van der Waals surface area (Å²) in [5.41, 5.74) is 1.32. The molecule has 3 nitrogen and oxygen atoms in total. The van der Waals surface area contributed by atoms with Crippen molar-refractivity contribution in [3.8, 4) is 0 Å². The van der Waals surface area contributed by atoms with E-state index < -0.39 is 0 Å². The monoisotopic (exact) mass is 235 g/mol. The second-order valence-corrected chi connectivity index (χ2v) is 4.65. The fourth-order valence-corrected chi connectivity index (χ4v) is 2.31. The van der Waals surface area contributed by atoms with Gasteiger partial charge in [-0.05, 0) is 12.0 Å². The van der Waals surface area contributed by atoms with E-state index in [1.54, 1.807) is 0 Å². The summed E-state index contributed by atoms with van der Waals surface area (Å²) in [6, 6.07) is 10.5. The van der Waals surface area contributed by atoms with Crippen molar-refractivity contribution in [1.82, 2.24) is 4.90 Å². The Kier molecular flexibility index (Phi) is 4.54. The van der Waals surface area contributed by atoms with Crippen molar-refractivity contribution in [2.24, 2.45) is 0 Å². The molecule has 1 N–H and O–H groups in total. The summed E-state index contributed by atoms with van der Waals surface area (Å²) in [6.45, 7) is 4.97. The molecule has 1 aliphatic rings. The fourth-order valence-electron chi connectivity index (χ4n) is 2.31. The number of ether oxygens (including phenoxy) is 1. The highest BCUT2D eigenvalue weighted by Gasteiger charge is 2.26. The third-order valence-corrected chi connectivity index (χ3v) is 3.22. The minimum Gasteiger partial charge on any atom is -0.394 e.